The van der Waals surface area contributed by atoms with Crippen molar-refractivity contribution in [3.8, 4) is 0 Å². The lowest BCUT2D eigenvalue weighted by atomic mass is 9.89. The van der Waals surface area contributed by atoms with Gasteiger partial charge in [-0.05, 0) is 48.8 Å². The molecule has 1 aliphatic carbocycles. The Labute approximate surface area is 121 Å². The molecule has 1 N–H and O–H groups in total. The molecule has 0 bridgehead atoms. The molecule has 0 amide bonds. The average Bonchev–Trinajstić information content (AvgIpc) is 2.53. The van der Waals surface area contributed by atoms with Crippen molar-refractivity contribution in [2.45, 2.75) is 38.2 Å². The number of hydrogen-bond acceptors (Lipinski definition) is 3. The Morgan fingerprint density at radius 3 is 2.65 bits per heavy atom. The molecule has 3 nitrogen and oxygen atoms in total. The van der Waals surface area contributed by atoms with Crippen molar-refractivity contribution in [1.82, 2.24) is 4.90 Å². The zero-order valence-electron chi connectivity index (χ0n) is 12.2. The number of aryl methyl sites for hydroxylation is 2. The molecule has 2 aliphatic rings. The molecule has 1 aromatic rings. The van der Waals surface area contributed by atoms with Crippen LogP contribution >= 0.6 is 0 Å². The Morgan fingerprint density at radius 2 is 1.85 bits per heavy atom. The lowest BCUT2D eigenvalue weighted by Crippen LogP contribution is -2.37. The van der Waals surface area contributed by atoms with Crippen LogP contribution in [0, 0.1) is 0 Å². The van der Waals surface area contributed by atoms with E-state index in [1.54, 1.807) is 0 Å². The van der Waals surface area contributed by atoms with E-state index in [2.05, 4.69) is 23.1 Å². The highest BCUT2D eigenvalue weighted by atomic mass is 16.5. The van der Waals surface area contributed by atoms with Crippen molar-refractivity contribution in [2.75, 3.05) is 32.8 Å². The fourth-order valence-electron chi connectivity index (χ4n) is 3.26. The normalized spacial score (nSPS) is 21.4. The van der Waals surface area contributed by atoms with E-state index in [9.17, 15) is 5.11 Å². The molecule has 0 aromatic heterocycles. The van der Waals surface area contributed by atoms with Crippen molar-refractivity contribution in [1.29, 1.82) is 0 Å². The third kappa shape index (κ3) is 3.40. The first-order valence-electron chi connectivity index (χ1n) is 7.93. The zero-order chi connectivity index (χ0) is 13.8. The van der Waals surface area contributed by atoms with Crippen LogP contribution in [0.3, 0.4) is 0 Å². The molecule has 1 atom stereocenters. The monoisotopic (exact) mass is 275 g/mol. The second-order valence-electron chi connectivity index (χ2n) is 5.99. The molecule has 3 heteroatoms. The first-order valence-corrected chi connectivity index (χ1v) is 7.93. The van der Waals surface area contributed by atoms with Crippen LogP contribution in [-0.2, 0) is 17.6 Å². The molecule has 110 valence electrons. The molecule has 20 heavy (non-hydrogen) atoms. The second-order valence-corrected chi connectivity index (χ2v) is 5.99. The second kappa shape index (κ2) is 6.70. The molecule has 1 saturated heterocycles. The van der Waals surface area contributed by atoms with Gasteiger partial charge in [-0.3, -0.25) is 4.90 Å². The van der Waals surface area contributed by atoms with Gasteiger partial charge in [0, 0.05) is 19.6 Å². The minimum absolute atomic E-state index is 0.329. The average molecular weight is 275 g/mol. The summed E-state index contributed by atoms with van der Waals surface area (Å²) in [6.45, 7) is 4.61. The lowest BCUT2D eigenvalue weighted by Gasteiger charge is -2.27. The van der Waals surface area contributed by atoms with Gasteiger partial charge in [-0.25, -0.2) is 0 Å². The molecule has 1 unspecified atom stereocenters. The van der Waals surface area contributed by atoms with Crippen LogP contribution in [0.5, 0.6) is 0 Å². The Hall–Kier alpha value is -0.900. The van der Waals surface area contributed by atoms with Crippen LogP contribution < -0.4 is 0 Å². The maximum absolute atomic E-state index is 10.4. The van der Waals surface area contributed by atoms with Crippen LogP contribution in [0.4, 0.5) is 0 Å². The zero-order valence-corrected chi connectivity index (χ0v) is 12.2. The standard InChI is InChI=1S/C17H25NO2/c19-17(7-8-18-9-11-20-12-10-18)16-6-5-14-3-1-2-4-15(14)13-16/h5-6,13,17,19H,1-4,7-12H2. The number of aliphatic hydroxyl groups is 1. The van der Waals surface area contributed by atoms with E-state index in [1.807, 2.05) is 0 Å². The van der Waals surface area contributed by atoms with Gasteiger partial charge in [0.15, 0.2) is 0 Å². The number of hydrogen-bond donors (Lipinski definition) is 1. The summed E-state index contributed by atoms with van der Waals surface area (Å²) in [5, 5.41) is 10.4. The van der Waals surface area contributed by atoms with Crippen LogP contribution in [0.25, 0.3) is 0 Å². The van der Waals surface area contributed by atoms with Gasteiger partial charge in [0.1, 0.15) is 0 Å². The van der Waals surface area contributed by atoms with Crippen LogP contribution in [0.15, 0.2) is 18.2 Å². The highest BCUT2D eigenvalue weighted by Gasteiger charge is 2.16. The molecule has 1 aliphatic heterocycles. The lowest BCUT2D eigenvalue weighted by molar-refractivity contribution is 0.0300. The van der Waals surface area contributed by atoms with E-state index in [1.165, 1.54) is 36.8 Å². The van der Waals surface area contributed by atoms with Gasteiger partial charge >= 0.3 is 0 Å². The molecule has 3 rings (SSSR count). The van der Waals surface area contributed by atoms with E-state index in [0.29, 0.717) is 0 Å². The highest BCUT2D eigenvalue weighted by molar-refractivity contribution is 5.34. The number of benzene rings is 1. The van der Waals surface area contributed by atoms with Gasteiger partial charge in [-0.15, -0.1) is 0 Å². The van der Waals surface area contributed by atoms with Gasteiger partial charge in [-0.2, -0.15) is 0 Å². The van der Waals surface area contributed by atoms with E-state index in [-0.39, 0.29) is 6.10 Å². The summed E-state index contributed by atoms with van der Waals surface area (Å²) >= 11 is 0. The predicted octanol–water partition coefficient (Wildman–Crippen LogP) is 2.32. The highest BCUT2D eigenvalue weighted by Crippen LogP contribution is 2.26. The summed E-state index contributed by atoms with van der Waals surface area (Å²) < 4.78 is 5.35. The fraction of sp³-hybridized carbons (Fsp3) is 0.647. The van der Waals surface area contributed by atoms with Gasteiger partial charge in [0.25, 0.3) is 0 Å². The van der Waals surface area contributed by atoms with Gasteiger partial charge in [0.2, 0.25) is 0 Å². The molecular formula is C17H25NO2. The maximum atomic E-state index is 10.4. The van der Waals surface area contributed by atoms with Crippen LogP contribution in [-0.4, -0.2) is 42.9 Å². The molecule has 1 aromatic carbocycles. The number of aliphatic hydroxyl groups excluding tert-OH is 1. The first kappa shape index (κ1) is 14.1. The Morgan fingerprint density at radius 1 is 1.10 bits per heavy atom. The first-order chi connectivity index (χ1) is 9.83. The molecular weight excluding hydrogens is 250 g/mol. The van der Waals surface area contributed by atoms with Crippen LogP contribution in [0.2, 0.25) is 0 Å². The van der Waals surface area contributed by atoms with Crippen molar-refractivity contribution >= 4 is 0 Å². The molecule has 0 spiro atoms. The SMILES string of the molecule is OC(CCN1CCOCC1)c1ccc2c(c1)CCCC2. The summed E-state index contributed by atoms with van der Waals surface area (Å²) in [6.07, 6.45) is 5.48. The predicted molar refractivity (Wildman–Crippen MR) is 79.9 cm³/mol. The fourth-order valence-corrected chi connectivity index (χ4v) is 3.26. The number of rotatable bonds is 4. The van der Waals surface area contributed by atoms with Gasteiger partial charge < -0.3 is 9.84 Å². The smallest absolute Gasteiger partial charge is 0.0802 e. The minimum Gasteiger partial charge on any atom is -0.388 e. The van der Waals surface area contributed by atoms with Crippen molar-refractivity contribution in [3.05, 3.63) is 34.9 Å². The Kier molecular flexibility index (Phi) is 4.71. The number of fused-ring (bicyclic) bond motifs is 1. The van der Waals surface area contributed by atoms with Crippen molar-refractivity contribution in [3.63, 3.8) is 0 Å². The van der Waals surface area contributed by atoms with Gasteiger partial charge in [-0.1, -0.05) is 18.2 Å². The third-order valence-corrected chi connectivity index (χ3v) is 4.58. The Balaban J connectivity index is 1.57. The molecule has 0 saturated carbocycles. The molecule has 1 fully saturated rings. The maximum Gasteiger partial charge on any atom is 0.0802 e. The van der Waals surface area contributed by atoms with Crippen molar-refractivity contribution < 1.29 is 9.84 Å². The topological polar surface area (TPSA) is 32.7 Å². The number of ether oxygens (including phenoxy) is 1. The molecule has 0 radical (unpaired) electrons. The summed E-state index contributed by atoms with van der Waals surface area (Å²) in [5.74, 6) is 0. The van der Waals surface area contributed by atoms with E-state index in [4.69, 9.17) is 4.74 Å². The summed E-state index contributed by atoms with van der Waals surface area (Å²) in [7, 11) is 0. The van der Waals surface area contributed by atoms with E-state index < -0.39 is 0 Å². The van der Waals surface area contributed by atoms with E-state index >= 15 is 0 Å². The van der Waals surface area contributed by atoms with Gasteiger partial charge in [0.05, 0.1) is 19.3 Å². The summed E-state index contributed by atoms with van der Waals surface area (Å²) in [4.78, 5) is 2.38. The number of nitrogens with zero attached hydrogens (tertiary/aromatic N) is 1. The summed E-state index contributed by atoms with van der Waals surface area (Å²) in [6, 6.07) is 6.58. The van der Waals surface area contributed by atoms with Crippen molar-refractivity contribution in [2.24, 2.45) is 0 Å². The Bertz CT molecular complexity index is 441. The molecule has 1 heterocycles. The largest absolute Gasteiger partial charge is 0.388 e. The summed E-state index contributed by atoms with van der Waals surface area (Å²) in [5.41, 5.74) is 4.04. The van der Waals surface area contributed by atoms with Crippen LogP contribution in [0.1, 0.15) is 42.1 Å². The quantitative estimate of drug-likeness (QED) is 0.915. The van der Waals surface area contributed by atoms with E-state index in [0.717, 1.165) is 44.8 Å². The number of morpholine rings is 1. The minimum atomic E-state index is -0.329. The third-order valence-electron chi connectivity index (χ3n) is 4.58.